The van der Waals surface area contributed by atoms with E-state index in [4.69, 9.17) is 10.5 Å². The Kier molecular flexibility index (Phi) is 8.36. The summed E-state index contributed by atoms with van der Waals surface area (Å²) in [5.41, 5.74) is 0. The van der Waals surface area contributed by atoms with Gasteiger partial charge in [0.1, 0.15) is 0 Å². The molecule has 0 aliphatic carbocycles. The molecule has 3 N–H and O–H groups in total. The fourth-order valence-corrected chi connectivity index (χ4v) is 0.346. The minimum atomic E-state index is 0. The molecule has 0 spiro atoms. The predicted octanol–water partition coefficient (Wildman–Crippen LogP) is 1.61. The maximum absolute atomic E-state index is 8.20. The van der Waals surface area contributed by atoms with Gasteiger partial charge in [-0.15, -0.1) is 0 Å². The van der Waals surface area contributed by atoms with Crippen molar-refractivity contribution in [1.82, 2.24) is 6.15 Å². The van der Waals surface area contributed by atoms with Crippen LogP contribution in [0.1, 0.15) is 19.8 Å². The van der Waals surface area contributed by atoms with Crippen LogP contribution in [0.25, 0.3) is 0 Å². The Morgan fingerprint density at radius 1 is 1.44 bits per heavy atom. The summed E-state index contributed by atoms with van der Waals surface area (Å²) >= 11 is 0. The molecule has 9 heavy (non-hydrogen) atoms. The van der Waals surface area contributed by atoms with Crippen LogP contribution in [-0.2, 0) is 0 Å². The SMILES string of the molecule is CC(C#N)CCC#N.N. The van der Waals surface area contributed by atoms with Gasteiger partial charge >= 0.3 is 0 Å². The Balaban J connectivity index is 0. The summed E-state index contributed by atoms with van der Waals surface area (Å²) in [5.74, 6) is 0.0367. The lowest BCUT2D eigenvalue weighted by Gasteiger charge is -1.91. The lowest BCUT2D eigenvalue weighted by Crippen LogP contribution is -1.86. The molecule has 1 unspecified atom stereocenters. The summed E-state index contributed by atoms with van der Waals surface area (Å²) in [6.07, 6.45) is 1.20. The molecule has 0 bridgehead atoms. The molecule has 1 atom stereocenters. The van der Waals surface area contributed by atoms with Crippen molar-refractivity contribution in [3.63, 3.8) is 0 Å². The average molecular weight is 125 g/mol. The minimum Gasteiger partial charge on any atom is -0.344 e. The zero-order chi connectivity index (χ0) is 6.41. The molecular weight excluding hydrogens is 114 g/mol. The van der Waals surface area contributed by atoms with E-state index in [1.54, 1.807) is 0 Å². The van der Waals surface area contributed by atoms with Gasteiger partial charge in [-0.2, -0.15) is 10.5 Å². The van der Waals surface area contributed by atoms with Crippen LogP contribution in [0.4, 0.5) is 0 Å². The van der Waals surface area contributed by atoms with Gasteiger partial charge < -0.3 is 6.15 Å². The van der Waals surface area contributed by atoms with E-state index in [-0.39, 0.29) is 12.1 Å². The van der Waals surface area contributed by atoms with Crippen LogP contribution in [-0.4, -0.2) is 0 Å². The molecule has 0 heterocycles. The second-order valence-corrected chi connectivity index (χ2v) is 1.73. The Hall–Kier alpha value is -1.06. The van der Waals surface area contributed by atoms with E-state index in [0.717, 1.165) is 0 Å². The molecule has 0 aliphatic rings. The summed E-state index contributed by atoms with van der Waals surface area (Å²) in [6, 6.07) is 4.03. The van der Waals surface area contributed by atoms with E-state index in [1.165, 1.54) is 0 Å². The van der Waals surface area contributed by atoms with Gasteiger partial charge in [0, 0.05) is 12.3 Å². The molecule has 0 aromatic heterocycles. The van der Waals surface area contributed by atoms with Crippen LogP contribution in [0, 0.1) is 28.6 Å². The Labute approximate surface area is 55.5 Å². The largest absolute Gasteiger partial charge is 0.344 e. The maximum Gasteiger partial charge on any atom is 0.0653 e. The molecule has 0 aromatic carbocycles. The van der Waals surface area contributed by atoms with Gasteiger partial charge in [0.05, 0.1) is 12.1 Å². The van der Waals surface area contributed by atoms with Crippen LogP contribution >= 0.6 is 0 Å². The van der Waals surface area contributed by atoms with Crippen molar-refractivity contribution in [2.24, 2.45) is 5.92 Å². The number of rotatable bonds is 2. The third kappa shape index (κ3) is 6.94. The highest BCUT2D eigenvalue weighted by molar-refractivity contribution is 4.82. The summed E-state index contributed by atoms with van der Waals surface area (Å²) in [7, 11) is 0. The third-order valence-corrected chi connectivity index (χ3v) is 0.910. The second-order valence-electron chi connectivity index (χ2n) is 1.73. The van der Waals surface area contributed by atoms with E-state index < -0.39 is 0 Å². The van der Waals surface area contributed by atoms with E-state index >= 15 is 0 Å². The zero-order valence-electron chi connectivity index (χ0n) is 5.59. The first-order valence-corrected chi connectivity index (χ1v) is 2.58. The molecule has 50 valence electrons. The summed E-state index contributed by atoms with van der Waals surface area (Å²) < 4.78 is 0. The Morgan fingerprint density at radius 3 is 2.33 bits per heavy atom. The quantitative estimate of drug-likeness (QED) is 0.608. The highest BCUT2D eigenvalue weighted by Gasteiger charge is 1.95. The van der Waals surface area contributed by atoms with E-state index in [1.807, 2.05) is 19.1 Å². The molecule has 0 fully saturated rings. The summed E-state index contributed by atoms with van der Waals surface area (Å²) in [4.78, 5) is 0. The lowest BCUT2D eigenvalue weighted by atomic mass is 10.1. The van der Waals surface area contributed by atoms with Crippen molar-refractivity contribution in [1.29, 1.82) is 10.5 Å². The van der Waals surface area contributed by atoms with Crippen LogP contribution in [0.3, 0.4) is 0 Å². The highest BCUT2D eigenvalue weighted by Crippen LogP contribution is 2.00. The van der Waals surface area contributed by atoms with Crippen molar-refractivity contribution in [2.75, 3.05) is 0 Å². The van der Waals surface area contributed by atoms with Crippen molar-refractivity contribution in [3.05, 3.63) is 0 Å². The van der Waals surface area contributed by atoms with Gasteiger partial charge in [-0.05, 0) is 13.3 Å². The zero-order valence-corrected chi connectivity index (χ0v) is 5.59. The summed E-state index contributed by atoms with van der Waals surface area (Å²) in [6.45, 7) is 1.82. The molecule has 3 nitrogen and oxygen atoms in total. The van der Waals surface area contributed by atoms with Crippen molar-refractivity contribution < 1.29 is 0 Å². The third-order valence-electron chi connectivity index (χ3n) is 0.910. The Morgan fingerprint density at radius 2 is 2.00 bits per heavy atom. The molecule has 0 amide bonds. The first kappa shape index (κ1) is 10.8. The van der Waals surface area contributed by atoms with Gasteiger partial charge in [0.25, 0.3) is 0 Å². The van der Waals surface area contributed by atoms with E-state index in [2.05, 4.69) is 0 Å². The molecule has 0 rings (SSSR count). The minimum absolute atomic E-state index is 0. The van der Waals surface area contributed by atoms with Crippen LogP contribution in [0.2, 0.25) is 0 Å². The van der Waals surface area contributed by atoms with Crippen LogP contribution in [0.15, 0.2) is 0 Å². The topological polar surface area (TPSA) is 82.6 Å². The average Bonchev–Trinajstić information content (AvgIpc) is 1.83. The van der Waals surface area contributed by atoms with E-state index in [0.29, 0.717) is 12.8 Å². The Bertz CT molecular complexity index is 128. The molecule has 3 heteroatoms. The first-order chi connectivity index (χ1) is 3.81. The smallest absolute Gasteiger partial charge is 0.0653 e. The number of nitriles is 2. The summed E-state index contributed by atoms with van der Waals surface area (Å²) in [5, 5.41) is 16.3. The van der Waals surface area contributed by atoms with Crippen LogP contribution < -0.4 is 6.15 Å². The predicted molar refractivity (Wildman–Crippen MR) is 34.6 cm³/mol. The molecule has 0 aliphatic heterocycles. The fraction of sp³-hybridized carbons (Fsp3) is 0.667. The van der Waals surface area contributed by atoms with Crippen LogP contribution in [0.5, 0.6) is 0 Å². The maximum atomic E-state index is 8.20. The van der Waals surface area contributed by atoms with Crippen molar-refractivity contribution >= 4 is 0 Å². The number of hydrogen-bond acceptors (Lipinski definition) is 3. The molecule has 0 radical (unpaired) electrons. The normalized spacial score (nSPS) is 10.1. The van der Waals surface area contributed by atoms with Gasteiger partial charge in [0.2, 0.25) is 0 Å². The molecule has 0 saturated carbocycles. The van der Waals surface area contributed by atoms with Gasteiger partial charge in [0.15, 0.2) is 0 Å². The van der Waals surface area contributed by atoms with Gasteiger partial charge in [-0.3, -0.25) is 0 Å². The van der Waals surface area contributed by atoms with Crippen molar-refractivity contribution in [3.8, 4) is 12.1 Å². The monoisotopic (exact) mass is 125 g/mol. The number of nitrogens with zero attached hydrogens (tertiary/aromatic N) is 2. The number of hydrogen-bond donors (Lipinski definition) is 1. The lowest BCUT2D eigenvalue weighted by molar-refractivity contribution is 0.675. The standard InChI is InChI=1S/C6H8N2.H3N/c1-6(5-8)3-2-4-7;/h6H,2-3H2,1H3;1H3. The van der Waals surface area contributed by atoms with Crippen molar-refractivity contribution in [2.45, 2.75) is 19.8 Å². The fourth-order valence-electron chi connectivity index (χ4n) is 0.346. The highest BCUT2D eigenvalue weighted by atomic mass is 14.3. The molecule has 0 aromatic rings. The van der Waals surface area contributed by atoms with E-state index in [9.17, 15) is 0 Å². The first-order valence-electron chi connectivity index (χ1n) is 2.58. The molecule has 0 saturated heterocycles. The van der Waals surface area contributed by atoms with Gasteiger partial charge in [-0.1, -0.05) is 0 Å². The van der Waals surface area contributed by atoms with Gasteiger partial charge in [-0.25, -0.2) is 0 Å². The second kappa shape index (κ2) is 6.94. The molecular formula is C6H11N3.